The van der Waals surface area contributed by atoms with Gasteiger partial charge in [0.1, 0.15) is 0 Å². The van der Waals surface area contributed by atoms with Crippen LogP contribution < -0.4 is 5.32 Å². The molecular weight excluding hydrogens is 302 g/mol. The molecule has 1 aliphatic rings. The zero-order chi connectivity index (χ0) is 17.1. The Bertz CT molecular complexity index is 823. The van der Waals surface area contributed by atoms with Gasteiger partial charge in [0.05, 0.1) is 0 Å². The van der Waals surface area contributed by atoms with Crippen LogP contribution in [0.4, 0.5) is 0 Å². The number of fused-ring (bicyclic) bond motifs is 2. The zero-order valence-corrected chi connectivity index (χ0v) is 13.3. The summed E-state index contributed by atoms with van der Waals surface area (Å²) in [7, 11) is 0. The molecule has 0 atom stereocenters. The molecule has 0 unspecified atom stereocenters. The lowest BCUT2D eigenvalue weighted by molar-refractivity contribution is 0.0950. The van der Waals surface area contributed by atoms with Gasteiger partial charge < -0.3 is 5.32 Å². The lowest BCUT2D eigenvalue weighted by atomic mass is 9.83. The van der Waals surface area contributed by atoms with Crippen molar-refractivity contribution in [2.75, 3.05) is 6.54 Å². The summed E-state index contributed by atoms with van der Waals surface area (Å²) in [4.78, 5) is 37.4. The van der Waals surface area contributed by atoms with Gasteiger partial charge in [0.2, 0.25) is 0 Å². The molecule has 0 saturated carbocycles. The maximum atomic E-state index is 12.6. The molecule has 1 N–H and O–H groups in total. The van der Waals surface area contributed by atoms with Crippen LogP contribution in [0.1, 0.15) is 61.5 Å². The molecule has 1 radical (unpaired) electrons. The third-order valence-electron chi connectivity index (χ3n) is 4.15. The first-order valence-electron chi connectivity index (χ1n) is 8.03. The molecule has 121 valence electrons. The predicted octanol–water partition coefficient (Wildman–Crippen LogP) is 3.20. The SMILES string of the molecule is [CH2]CCCCNC(=O)c1ccc2c(c1)C(=O)c1ccccc1C2=O. The van der Waals surface area contributed by atoms with Crippen molar-refractivity contribution in [2.24, 2.45) is 0 Å². The molecule has 24 heavy (non-hydrogen) atoms. The number of hydrogen-bond donors (Lipinski definition) is 1. The number of hydrogen-bond acceptors (Lipinski definition) is 3. The van der Waals surface area contributed by atoms with E-state index in [0.717, 1.165) is 19.3 Å². The number of carbonyl (C=O) groups excluding carboxylic acids is 3. The lowest BCUT2D eigenvalue weighted by Gasteiger charge is -2.17. The van der Waals surface area contributed by atoms with E-state index >= 15 is 0 Å². The van der Waals surface area contributed by atoms with Crippen LogP contribution in [0.2, 0.25) is 0 Å². The third kappa shape index (κ3) is 2.87. The van der Waals surface area contributed by atoms with Crippen molar-refractivity contribution in [2.45, 2.75) is 19.3 Å². The summed E-state index contributed by atoms with van der Waals surface area (Å²) in [6.07, 6.45) is 2.66. The monoisotopic (exact) mass is 320 g/mol. The van der Waals surface area contributed by atoms with Gasteiger partial charge in [-0.2, -0.15) is 0 Å². The Hall–Kier alpha value is -2.75. The maximum Gasteiger partial charge on any atom is 0.251 e. The highest BCUT2D eigenvalue weighted by molar-refractivity contribution is 6.28. The summed E-state index contributed by atoms with van der Waals surface area (Å²) >= 11 is 0. The van der Waals surface area contributed by atoms with Crippen LogP contribution in [0.5, 0.6) is 0 Å². The molecule has 1 amide bonds. The number of benzene rings is 2. The molecule has 4 nitrogen and oxygen atoms in total. The number of carbonyl (C=O) groups is 3. The van der Waals surface area contributed by atoms with Gasteiger partial charge in [-0.25, -0.2) is 0 Å². The van der Waals surface area contributed by atoms with Gasteiger partial charge in [-0.3, -0.25) is 14.4 Å². The largest absolute Gasteiger partial charge is 0.352 e. The van der Waals surface area contributed by atoms with E-state index in [-0.39, 0.29) is 17.5 Å². The van der Waals surface area contributed by atoms with Crippen molar-refractivity contribution in [1.82, 2.24) is 5.32 Å². The average molecular weight is 320 g/mol. The van der Waals surface area contributed by atoms with Crippen molar-refractivity contribution < 1.29 is 14.4 Å². The number of unbranched alkanes of at least 4 members (excludes halogenated alkanes) is 2. The van der Waals surface area contributed by atoms with E-state index in [1.807, 2.05) is 0 Å². The topological polar surface area (TPSA) is 63.2 Å². The summed E-state index contributed by atoms with van der Waals surface area (Å²) in [6, 6.07) is 11.4. The van der Waals surface area contributed by atoms with Crippen LogP contribution in [-0.4, -0.2) is 24.0 Å². The molecule has 4 heteroatoms. The van der Waals surface area contributed by atoms with Crippen LogP contribution in [0.3, 0.4) is 0 Å². The first-order chi connectivity index (χ1) is 11.6. The highest BCUT2D eigenvalue weighted by Crippen LogP contribution is 2.27. The highest BCUT2D eigenvalue weighted by atomic mass is 16.2. The Morgan fingerprint density at radius 1 is 0.875 bits per heavy atom. The van der Waals surface area contributed by atoms with Gasteiger partial charge in [0.15, 0.2) is 11.6 Å². The van der Waals surface area contributed by atoms with E-state index in [1.54, 1.807) is 36.4 Å². The van der Waals surface area contributed by atoms with Gasteiger partial charge in [0.25, 0.3) is 5.91 Å². The fourth-order valence-electron chi connectivity index (χ4n) is 2.85. The standard InChI is InChI=1S/C20H18NO3/c1-2-3-6-11-21-20(24)13-9-10-16-17(12-13)19(23)15-8-5-4-7-14(15)18(16)22/h4-5,7-10,12H,1-3,6,11H2,(H,21,24). The number of nitrogens with one attached hydrogen (secondary N) is 1. The summed E-state index contributed by atoms with van der Waals surface area (Å²) in [5.74, 6) is -0.629. The molecule has 0 heterocycles. The van der Waals surface area contributed by atoms with E-state index in [2.05, 4.69) is 12.2 Å². The minimum absolute atomic E-state index is 0.178. The average Bonchev–Trinajstić information content (AvgIpc) is 2.62. The first-order valence-corrected chi connectivity index (χ1v) is 8.03. The quantitative estimate of drug-likeness (QED) is 0.734. The molecule has 2 aromatic rings. The molecule has 0 spiro atoms. The van der Waals surface area contributed by atoms with Gasteiger partial charge in [0, 0.05) is 34.4 Å². The molecule has 0 aliphatic heterocycles. The van der Waals surface area contributed by atoms with Gasteiger partial charge in [-0.15, -0.1) is 0 Å². The molecule has 0 bridgehead atoms. The third-order valence-corrected chi connectivity index (χ3v) is 4.15. The van der Waals surface area contributed by atoms with E-state index in [4.69, 9.17) is 0 Å². The summed E-state index contributed by atoms with van der Waals surface area (Å²) < 4.78 is 0. The van der Waals surface area contributed by atoms with E-state index in [9.17, 15) is 14.4 Å². The molecule has 0 saturated heterocycles. The molecule has 2 aromatic carbocycles. The Morgan fingerprint density at radius 3 is 2.17 bits per heavy atom. The van der Waals surface area contributed by atoms with Crippen molar-refractivity contribution >= 4 is 17.5 Å². The minimum Gasteiger partial charge on any atom is -0.352 e. The van der Waals surface area contributed by atoms with Crippen LogP contribution >= 0.6 is 0 Å². The second-order valence-corrected chi connectivity index (χ2v) is 5.78. The smallest absolute Gasteiger partial charge is 0.251 e. The van der Waals surface area contributed by atoms with Gasteiger partial charge >= 0.3 is 0 Å². The van der Waals surface area contributed by atoms with Crippen LogP contribution in [0.25, 0.3) is 0 Å². The van der Waals surface area contributed by atoms with Crippen molar-refractivity contribution in [3.05, 3.63) is 77.2 Å². The summed E-state index contributed by atoms with van der Waals surface area (Å²) in [5.41, 5.74) is 1.85. The highest BCUT2D eigenvalue weighted by Gasteiger charge is 2.29. The van der Waals surface area contributed by atoms with Crippen LogP contribution in [0, 0.1) is 6.92 Å². The molecule has 1 aliphatic carbocycles. The van der Waals surface area contributed by atoms with Crippen molar-refractivity contribution in [1.29, 1.82) is 0 Å². The molecule has 3 rings (SSSR count). The van der Waals surface area contributed by atoms with Crippen molar-refractivity contribution in [3.8, 4) is 0 Å². The van der Waals surface area contributed by atoms with E-state index in [1.165, 1.54) is 6.07 Å². The first kappa shape index (κ1) is 16.1. The summed E-state index contributed by atoms with van der Waals surface area (Å²) in [5, 5.41) is 2.82. The minimum atomic E-state index is -0.235. The normalized spacial score (nSPS) is 12.5. The Morgan fingerprint density at radius 2 is 1.50 bits per heavy atom. The second kappa shape index (κ2) is 6.79. The van der Waals surface area contributed by atoms with Crippen LogP contribution in [0.15, 0.2) is 42.5 Å². The second-order valence-electron chi connectivity index (χ2n) is 5.78. The summed E-state index contributed by atoms with van der Waals surface area (Å²) in [6.45, 7) is 4.33. The molecule has 0 fully saturated rings. The van der Waals surface area contributed by atoms with Gasteiger partial charge in [-0.05, 0) is 24.6 Å². The van der Waals surface area contributed by atoms with E-state index in [0.29, 0.717) is 34.4 Å². The lowest BCUT2D eigenvalue weighted by Crippen LogP contribution is -2.26. The Balaban J connectivity index is 1.87. The number of ketones is 2. The van der Waals surface area contributed by atoms with E-state index < -0.39 is 0 Å². The zero-order valence-electron chi connectivity index (χ0n) is 13.3. The van der Waals surface area contributed by atoms with Crippen LogP contribution in [-0.2, 0) is 0 Å². The molecular formula is C20H18NO3. The van der Waals surface area contributed by atoms with Gasteiger partial charge in [-0.1, -0.05) is 44.0 Å². The Labute approximate surface area is 140 Å². The fraction of sp³-hybridized carbons (Fsp3) is 0.200. The fourth-order valence-corrected chi connectivity index (χ4v) is 2.85. The number of amides is 1. The number of rotatable bonds is 5. The Kier molecular flexibility index (Phi) is 4.56. The van der Waals surface area contributed by atoms with Crippen molar-refractivity contribution in [3.63, 3.8) is 0 Å². The predicted molar refractivity (Wildman–Crippen MR) is 91.3 cm³/mol. The molecule has 0 aromatic heterocycles. The maximum absolute atomic E-state index is 12.6.